The van der Waals surface area contributed by atoms with Gasteiger partial charge in [0.2, 0.25) is 0 Å². The molecule has 3 nitrogen and oxygen atoms in total. The minimum atomic E-state index is -0.159. The fourth-order valence-corrected chi connectivity index (χ4v) is 2.20. The second-order valence-electron chi connectivity index (χ2n) is 4.48. The van der Waals surface area contributed by atoms with E-state index in [1.807, 2.05) is 6.92 Å². The molecule has 1 atom stereocenters. The fraction of sp³-hybridized carbons (Fsp3) is 0.909. The Morgan fingerprint density at radius 1 is 1.50 bits per heavy atom. The van der Waals surface area contributed by atoms with Crippen LogP contribution in [0, 0.1) is 5.41 Å². The Labute approximate surface area is 86.0 Å². The third-order valence-corrected chi connectivity index (χ3v) is 3.33. The molecule has 0 amide bonds. The van der Waals surface area contributed by atoms with Gasteiger partial charge in [-0.1, -0.05) is 19.8 Å². The van der Waals surface area contributed by atoms with Gasteiger partial charge in [0.15, 0.2) is 0 Å². The van der Waals surface area contributed by atoms with Crippen LogP contribution in [0.15, 0.2) is 0 Å². The van der Waals surface area contributed by atoms with E-state index in [4.69, 9.17) is 10.5 Å². The lowest BCUT2D eigenvalue weighted by molar-refractivity contribution is -0.144. The predicted octanol–water partition coefficient (Wildman–Crippen LogP) is 1.85. The molecule has 0 aromatic heterocycles. The van der Waals surface area contributed by atoms with Gasteiger partial charge in [-0.2, -0.15) is 0 Å². The van der Waals surface area contributed by atoms with Gasteiger partial charge in [0.05, 0.1) is 13.0 Å². The van der Waals surface area contributed by atoms with Crippen LogP contribution >= 0.6 is 0 Å². The molecule has 3 heteroatoms. The van der Waals surface area contributed by atoms with Crippen LogP contribution in [0.4, 0.5) is 0 Å². The lowest BCUT2D eigenvalue weighted by Crippen LogP contribution is -2.39. The Kier molecular flexibility index (Phi) is 3.93. The van der Waals surface area contributed by atoms with Crippen molar-refractivity contribution in [2.75, 3.05) is 6.61 Å². The highest BCUT2D eigenvalue weighted by molar-refractivity contribution is 5.70. The fourth-order valence-electron chi connectivity index (χ4n) is 2.20. The maximum atomic E-state index is 11.3. The maximum absolute atomic E-state index is 11.3. The maximum Gasteiger partial charge on any atom is 0.307 e. The Morgan fingerprint density at radius 2 is 2.07 bits per heavy atom. The zero-order chi connectivity index (χ0) is 10.6. The summed E-state index contributed by atoms with van der Waals surface area (Å²) in [6.07, 6.45) is 5.14. The first-order valence-corrected chi connectivity index (χ1v) is 5.49. The van der Waals surface area contributed by atoms with E-state index >= 15 is 0 Å². The molecule has 2 N–H and O–H groups in total. The highest BCUT2D eigenvalue weighted by atomic mass is 16.5. The summed E-state index contributed by atoms with van der Waals surface area (Å²) in [5.41, 5.74) is 6.20. The number of hydrogen-bond acceptors (Lipinski definition) is 3. The smallest absolute Gasteiger partial charge is 0.307 e. The van der Waals surface area contributed by atoms with Crippen LogP contribution in [0.1, 0.15) is 46.0 Å². The molecule has 0 aliphatic heterocycles. The summed E-state index contributed by atoms with van der Waals surface area (Å²) < 4.78 is 4.90. The minimum Gasteiger partial charge on any atom is -0.466 e. The molecular weight excluding hydrogens is 178 g/mol. The van der Waals surface area contributed by atoms with Crippen molar-refractivity contribution in [2.45, 2.75) is 52.0 Å². The zero-order valence-corrected chi connectivity index (χ0v) is 9.21. The van der Waals surface area contributed by atoms with Crippen molar-refractivity contribution in [3.8, 4) is 0 Å². The van der Waals surface area contributed by atoms with E-state index in [2.05, 4.69) is 6.92 Å². The quantitative estimate of drug-likeness (QED) is 0.703. The van der Waals surface area contributed by atoms with Gasteiger partial charge in [0.25, 0.3) is 0 Å². The topological polar surface area (TPSA) is 52.3 Å². The number of nitrogens with two attached hydrogens (primary N) is 1. The number of carbonyl (C=O) groups excluding carboxylic acids is 1. The Balaban J connectivity index is 2.40. The van der Waals surface area contributed by atoms with Crippen LogP contribution < -0.4 is 5.73 Å². The van der Waals surface area contributed by atoms with Crippen molar-refractivity contribution in [1.82, 2.24) is 0 Å². The van der Waals surface area contributed by atoms with Gasteiger partial charge in [0, 0.05) is 6.04 Å². The van der Waals surface area contributed by atoms with Crippen molar-refractivity contribution in [3.63, 3.8) is 0 Å². The van der Waals surface area contributed by atoms with E-state index in [-0.39, 0.29) is 17.4 Å². The normalized spacial score (nSPS) is 21.9. The lowest BCUT2D eigenvalue weighted by atomic mass is 9.80. The molecule has 0 bridgehead atoms. The van der Waals surface area contributed by atoms with E-state index in [1.165, 1.54) is 12.8 Å². The number of hydrogen-bond donors (Lipinski definition) is 1. The Morgan fingerprint density at radius 3 is 2.57 bits per heavy atom. The highest BCUT2D eigenvalue weighted by Crippen LogP contribution is 2.40. The molecule has 0 heterocycles. The second kappa shape index (κ2) is 4.78. The summed E-state index contributed by atoms with van der Waals surface area (Å²) >= 11 is 0. The molecule has 82 valence electrons. The third kappa shape index (κ3) is 2.71. The van der Waals surface area contributed by atoms with Gasteiger partial charge < -0.3 is 10.5 Å². The van der Waals surface area contributed by atoms with Gasteiger partial charge in [-0.25, -0.2) is 0 Å². The van der Waals surface area contributed by atoms with Crippen molar-refractivity contribution in [1.29, 1.82) is 0 Å². The summed E-state index contributed by atoms with van der Waals surface area (Å²) in [5, 5.41) is 0. The van der Waals surface area contributed by atoms with Crippen LogP contribution in [0.2, 0.25) is 0 Å². The molecule has 1 rings (SSSR count). The molecule has 0 aromatic rings. The molecule has 0 saturated heterocycles. The number of esters is 1. The van der Waals surface area contributed by atoms with E-state index in [0.29, 0.717) is 13.0 Å². The third-order valence-electron chi connectivity index (χ3n) is 3.33. The SMILES string of the molecule is CCOC(=O)C[C@H](N)C1(C)CCCC1. The molecule has 0 spiro atoms. The van der Waals surface area contributed by atoms with Gasteiger partial charge >= 0.3 is 5.97 Å². The van der Waals surface area contributed by atoms with Crippen molar-refractivity contribution in [3.05, 3.63) is 0 Å². The number of carbonyl (C=O) groups is 1. The summed E-state index contributed by atoms with van der Waals surface area (Å²) in [6, 6.07) is -0.0379. The number of rotatable bonds is 4. The monoisotopic (exact) mass is 199 g/mol. The average Bonchev–Trinajstić information content (AvgIpc) is 2.54. The average molecular weight is 199 g/mol. The Bertz CT molecular complexity index is 197. The molecule has 1 saturated carbocycles. The number of ether oxygens (including phenoxy) is 1. The van der Waals surface area contributed by atoms with Crippen molar-refractivity contribution in [2.24, 2.45) is 11.1 Å². The molecule has 1 aliphatic rings. The van der Waals surface area contributed by atoms with Crippen LogP contribution in [0.3, 0.4) is 0 Å². The van der Waals surface area contributed by atoms with Crippen LogP contribution in [0.25, 0.3) is 0 Å². The molecular formula is C11H21NO2. The van der Waals surface area contributed by atoms with E-state index in [0.717, 1.165) is 12.8 Å². The van der Waals surface area contributed by atoms with Crippen LogP contribution in [-0.4, -0.2) is 18.6 Å². The highest BCUT2D eigenvalue weighted by Gasteiger charge is 2.35. The summed E-state index contributed by atoms with van der Waals surface area (Å²) in [5.74, 6) is -0.159. The zero-order valence-electron chi connectivity index (χ0n) is 9.21. The Hall–Kier alpha value is -0.570. The first kappa shape index (κ1) is 11.5. The van der Waals surface area contributed by atoms with Gasteiger partial charge in [-0.3, -0.25) is 4.79 Å². The summed E-state index contributed by atoms with van der Waals surface area (Å²) in [6.45, 7) is 4.45. The van der Waals surface area contributed by atoms with E-state index in [9.17, 15) is 4.79 Å². The molecule has 0 aromatic carbocycles. The summed E-state index contributed by atoms with van der Waals surface area (Å²) in [4.78, 5) is 11.3. The van der Waals surface area contributed by atoms with E-state index in [1.54, 1.807) is 0 Å². The van der Waals surface area contributed by atoms with E-state index < -0.39 is 0 Å². The second-order valence-corrected chi connectivity index (χ2v) is 4.48. The minimum absolute atomic E-state index is 0.0379. The first-order chi connectivity index (χ1) is 6.58. The molecule has 14 heavy (non-hydrogen) atoms. The van der Waals surface area contributed by atoms with Crippen molar-refractivity contribution < 1.29 is 9.53 Å². The van der Waals surface area contributed by atoms with Crippen molar-refractivity contribution >= 4 is 5.97 Å². The lowest BCUT2D eigenvalue weighted by Gasteiger charge is -2.30. The van der Waals surface area contributed by atoms with Crippen LogP contribution in [0.5, 0.6) is 0 Å². The van der Waals surface area contributed by atoms with Gasteiger partial charge in [-0.05, 0) is 25.2 Å². The molecule has 0 radical (unpaired) electrons. The standard InChI is InChI=1S/C11H21NO2/c1-3-14-10(13)8-9(12)11(2)6-4-5-7-11/h9H,3-8,12H2,1-2H3/t9-/m0/s1. The van der Waals surface area contributed by atoms with Gasteiger partial charge in [0.1, 0.15) is 0 Å². The summed E-state index contributed by atoms with van der Waals surface area (Å²) in [7, 11) is 0. The largest absolute Gasteiger partial charge is 0.466 e. The van der Waals surface area contributed by atoms with Crippen LogP contribution in [-0.2, 0) is 9.53 Å². The molecule has 1 aliphatic carbocycles. The van der Waals surface area contributed by atoms with Gasteiger partial charge in [-0.15, -0.1) is 0 Å². The predicted molar refractivity (Wildman–Crippen MR) is 55.8 cm³/mol. The molecule has 1 fully saturated rings. The first-order valence-electron chi connectivity index (χ1n) is 5.49. The molecule has 0 unspecified atom stereocenters.